The van der Waals surface area contributed by atoms with Crippen molar-refractivity contribution >= 4 is 17.8 Å². The second-order valence-corrected chi connectivity index (χ2v) is 11.1. The van der Waals surface area contributed by atoms with Crippen LogP contribution in [0.15, 0.2) is 54.6 Å². The van der Waals surface area contributed by atoms with Gasteiger partial charge in [-0.25, -0.2) is 0 Å². The molecule has 0 bridgehead atoms. The van der Waals surface area contributed by atoms with Crippen LogP contribution in [0.2, 0.25) is 0 Å². The van der Waals surface area contributed by atoms with Crippen molar-refractivity contribution in [2.45, 2.75) is 74.8 Å². The smallest absolute Gasteiger partial charge is 0.312 e. The molecule has 38 heavy (non-hydrogen) atoms. The summed E-state index contributed by atoms with van der Waals surface area (Å²) in [6.45, 7) is 0.361. The maximum atomic E-state index is 14.5. The molecule has 0 aromatic heterocycles. The van der Waals surface area contributed by atoms with Gasteiger partial charge < -0.3 is 24.4 Å². The van der Waals surface area contributed by atoms with Gasteiger partial charge in [0, 0.05) is 12.6 Å². The van der Waals surface area contributed by atoms with Crippen LogP contribution >= 0.6 is 0 Å². The lowest BCUT2D eigenvalue weighted by Gasteiger charge is -2.41. The zero-order valence-electron chi connectivity index (χ0n) is 21.6. The highest BCUT2D eigenvalue weighted by Crippen LogP contribution is 2.55. The van der Waals surface area contributed by atoms with Gasteiger partial charge >= 0.3 is 5.97 Å². The summed E-state index contributed by atoms with van der Waals surface area (Å²) in [5.41, 5.74) is -0.588. The minimum atomic E-state index is -1.32. The number of cyclic esters (lactones) is 1. The predicted octanol–water partition coefficient (Wildman–Crippen LogP) is 2.93. The fraction of sp³-hybridized carbons (Fsp3) is 0.567. The van der Waals surface area contributed by atoms with Crippen molar-refractivity contribution in [2.75, 3.05) is 19.8 Å². The number of likely N-dealkylation sites (tertiary alicyclic amines) is 1. The largest absolute Gasteiger partial charge is 0.465 e. The number of rotatable bonds is 4. The first-order valence-corrected chi connectivity index (χ1v) is 14.0. The van der Waals surface area contributed by atoms with E-state index in [9.17, 15) is 19.5 Å². The molecule has 1 aromatic carbocycles. The summed E-state index contributed by atoms with van der Waals surface area (Å²) in [5.74, 6) is -2.77. The second kappa shape index (κ2) is 10.3. The molecule has 202 valence electrons. The Morgan fingerprint density at radius 2 is 1.79 bits per heavy atom. The molecule has 4 aliphatic heterocycles. The van der Waals surface area contributed by atoms with Crippen molar-refractivity contribution in [2.24, 2.45) is 11.8 Å². The maximum absolute atomic E-state index is 14.5. The third-order valence-electron chi connectivity index (χ3n) is 9.03. The summed E-state index contributed by atoms with van der Waals surface area (Å²) in [5, 5.41) is 10.6. The molecule has 5 aliphatic rings. The Kier molecular flexibility index (Phi) is 6.86. The molecular formula is C30H36N2O6. The van der Waals surface area contributed by atoms with Gasteiger partial charge in [0.2, 0.25) is 11.8 Å². The molecule has 1 N–H and O–H groups in total. The number of amides is 2. The molecule has 2 amide bonds. The van der Waals surface area contributed by atoms with Crippen LogP contribution in [0.25, 0.3) is 0 Å². The summed E-state index contributed by atoms with van der Waals surface area (Å²) in [6, 6.07) is 7.64. The van der Waals surface area contributed by atoms with Gasteiger partial charge in [0.15, 0.2) is 0 Å². The van der Waals surface area contributed by atoms with Gasteiger partial charge in [-0.15, -0.1) is 0 Å². The van der Waals surface area contributed by atoms with Crippen molar-refractivity contribution in [3.8, 4) is 0 Å². The predicted molar refractivity (Wildman–Crippen MR) is 139 cm³/mol. The molecule has 8 nitrogen and oxygen atoms in total. The molecule has 1 saturated carbocycles. The number of fused-ring (bicyclic) bond motifs is 2. The highest BCUT2D eigenvalue weighted by atomic mass is 16.6. The molecule has 2 saturated heterocycles. The lowest BCUT2D eigenvalue weighted by Crippen LogP contribution is -2.58. The van der Waals surface area contributed by atoms with Crippen molar-refractivity contribution in [1.82, 2.24) is 9.80 Å². The number of ether oxygens (including phenoxy) is 2. The van der Waals surface area contributed by atoms with E-state index in [-0.39, 0.29) is 31.1 Å². The summed E-state index contributed by atoms with van der Waals surface area (Å²) in [7, 11) is 0. The quantitative estimate of drug-likeness (QED) is 0.485. The van der Waals surface area contributed by atoms with Gasteiger partial charge in [0.25, 0.3) is 0 Å². The molecule has 6 atom stereocenters. The summed E-state index contributed by atoms with van der Waals surface area (Å²) in [4.78, 5) is 45.8. The molecule has 1 aromatic rings. The third kappa shape index (κ3) is 4.00. The number of aliphatic hydroxyl groups is 1. The van der Waals surface area contributed by atoms with Crippen LogP contribution in [0.4, 0.5) is 0 Å². The normalized spacial score (nSPS) is 35.3. The number of benzene rings is 1. The van der Waals surface area contributed by atoms with Crippen LogP contribution in [0.3, 0.4) is 0 Å². The number of carbonyl (C=O) groups excluding carboxylic acids is 3. The van der Waals surface area contributed by atoms with Gasteiger partial charge in [-0.3, -0.25) is 14.4 Å². The average molecular weight is 521 g/mol. The van der Waals surface area contributed by atoms with Crippen LogP contribution in [0.1, 0.15) is 56.6 Å². The number of hydrogen-bond acceptors (Lipinski definition) is 6. The Balaban J connectivity index is 1.48. The van der Waals surface area contributed by atoms with Gasteiger partial charge in [0.05, 0.1) is 31.3 Å². The van der Waals surface area contributed by atoms with Crippen molar-refractivity contribution < 1.29 is 29.0 Å². The lowest BCUT2D eigenvalue weighted by molar-refractivity contribution is -0.157. The number of hydrogen-bond donors (Lipinski definition) is 1. The van der Waals surface area contributed by atoms with Crippen LogP contribution in [-0.2, 0) is 23.9 Å². The van der Waals surface area contributed by atoms with Gasteiger partial charge in [-0.1, -0.05) is 73.9 Å². The molecule has 8 heteroatoms. The van der Waals surface area contributed by atoms with Crippen LogP contribution in [0.5, 0.6) is 0 Å². The van der Waals surface area contributed by atoms with Crippen LogP contribution < -0.4 is 0 Å². The molecule has 3 fully saturated rings. The van der Waals surface area contributed by atoms with E-state index < -0.39 is 41.6 Å². The number of carbonyl (C=O) groups is 3. The molecular weight excluding hydrogens is 484 g/mol. The van der Waals surface area contributed by atoms with Crippen molar-refractivity contribution in [3.05, 3.63) is 60.2 Å². The van der Waals surface area contributed by atoms with E-state index in [4.69, 9.17) is 9.47 Å². The van der Waals surface area contributed by atoms with Crippen molar-refractivity contribution in [1.29, 1.82) is 0 Å². The summed E-state index contributed by atoms with van der Waals surface area (Å²) < 4.78 is 12.3. The van der Waals surface area contributed by atoms with E-state index in [2.05, 4.69) is 0 Å². The fourth-order valence-electron chi connectivity index (χ4n) is 7.30. The second-order valence-electron chi connectivity index (χ2n) is 11.1. The van der Waals surface area contributed by atoms with E-state index in [1.165, 1.54) is 4.90 Å². The zero-order valence-corrected chi connectivity index (χ0v) is 21.6. The summed E-state index contributed by atoms with van der Waals surface area (Å²) >= 11 is 0. The molecule has 0 radical (unpaired) electrons. The maximum Gasteiger partial charge on any atom is 0.312 e. The fourth-order valence-corrected chi connectivity index (χ4v) is 7.30. The zero-order chi connectivity index (χ0) is 26.3. The molecule has 1 spiro atoms. The monoisotopic (exact) mass is 520 g/mol. The minimum absolute atomic E-state index is 0.0970. The topological polar surface area (TPSA) is 96.4 Å². The SMILES string of the molecule is O=C1OCCC/C=C\[C@@H]2O[C@]34C=CCN(C5CCCCC5)C(=O)C3N([C@H](CO)c3ccccc3)C(=O)[C@@H]4[C@H]12. The van der Waals surface area contributed by atoms with E-state index in [0.29, 0.717) is 13.0 Å². The summed E-state index contributed by atoms with van der Waals surface area (Å²) in [6.07, 6.45) is 13.6. The number of aliphatic hydroxyl groups excluding tert-OH is 1. The van der Waals surface area contributed by atoms with E-state index in [1.54, 1.807) is 0 Å². The molecule has 4 heterocycles. The Morgan fingerprint density at radius 1 is 1.00 bits per heavy atom. The minimum Gasteiger partial charge on any atom is -0.465 e. The number of nitrogens with zero attached hydrogens (tertiary/aromatic N) is 2. The van der Waals surface area contributed by atoms with Crippen molar-refractivity contribution in [3.63, 3.8) is 0 Å². The van der Waals surface area contributed by atoms with Crippen LogP contribution in [0, 0.1) is 11.8 Å². The Bertz CT molecular complexity index is 1130. The van der Waals surface area contributed by atoms with Gasteiger partial charge in [-0.05, 0) is 31.2 Å². The highest BCUT2D eigenvalue weighted by Gasteiger charge is 2.72. The number of esters is 1. The van der Waals surface area contributed by atoms with E-state index in [1.807, 2.05) is 59.5 Å². The lowest BCUT2D eigenvalue weighted by atomic mass is 9.78. The molecule has 1 aliphatic carbocycles. The first kappa shape index (κ1) is 25.3. The Hall–Kier alpha value is -2.97. The van der Waals surface area contributed by atoms with Gasteiger partial charge in [-0.2, -0.15) is 0 Å². The number of allylic oxidation sites excluding steroid dienone is 1. The van der Waals surface area contributed by atoms with E-state index >= 15 is 0 Å². The molecule has 6 rings (SSSR count). The average Bonchev–Trinajstić information content (AvgIpc) is 3.35. The Morgan fingerprint density at radius 3 is 2.55 bits per heavy atom. The third-order valence-corrected chi connectivity index (χ3v) is 9.03. The van der Waals surface area contributed by atoms with E-state index in [0.717, 1.165) is 44.1 Å². The molecule has 1 unspecified atom stereocenters. The Labute approximate surface area is 223 Å². The highest BCUT2D eigenvalue weighted by molar-refractivity contribution is 5.99. The standard InChI is InChI=1S/C30H36N2O6/c33-19-22(20-11-4-1-5-12-20)32-26-28(35)31(21-13-6-2-7-14-21)17-10-16-30(26)25(27(32)34)24-23(38-30)15-8-3-9-18-37-29(24)36/h1,4-5,8,10-12,15-16,21-26,33H,2-3,6-7,9,13-14,17-19H2/b15-8-/t22-,23+,24-,25+,26?,30+/m1/s1. The van der Waals surface area contributed by atoms with Crippen LogP contribution in [-0.4, -0.2) is 76.2 Å². The first-order chi connectivity index (χ1) is 18.6. The first-order valence-electron chi connectivity index (χ1n) is 14.0. The van der Waals surface area contributed by atoms with Gasteiger partial charge in [0.1, 0.15) is 17.6 Å².